The molecule has 0 radical (unpaired) electrons. The number of halogens is 4. The molecule has 1 N–H and O–H groups in total. The fraction of sp³-hybridized carbons (Fsp3) is 0.966. The zero-order valence-electron chi connectivity index (χ0n) is 23.6. The average Bonchev–Trinajstić information content (AvgIpc) is 3.28. The van der Waals surface area contributed by atoms with Gasteiger partial charge in [-0.2, -0.15) is 0 Å². The highest BCUT2D eigenvalue weighted by Crippen LogP contribution is 2.66. The second-order valence-electron chi connectivity index (χ2n) is 12.3. The summed E-state index contributed by atoms with van der Waals surface area (Å²) in [6, 6.07) is 1.63. The predicted molar refractivity (Wildman–Crippen MR) is 145 cm³/mol. The Morgan fingerprint density at radius 1 is 0.892 bits per heavy atom. The number of aliphatic imine (C=N–C) groups is 1. The molecular formula is C29H52F4N4. The fourth-order valence-corrected chi connectivity index (χ4v) is 6.90. The van der Waals surface area contributed by atoms with E-state index in [0.717, 1.165) is 52.1 Å². The molecule has 8 heteroatoms. The SMILES string of the molecule is C.CC1=N[C@H](CN2CCC3(CC2)CC3(F)F)CC1.C[C@H]1CC[C@@H](CN2CCC3(CC2)CC3(F)F)N1.[2H]CC. The first-order chi connectivity index (χ1) is 17.4. The Morgan fingerprint density at radius 3 is 1.70 bits per heavy atom. The molecule has 0 aromatic carbocycles. The summed E-state index contributed by atoms with van der Waals surface area (Å²) in [5.41, 5.74) is 0.0374. The lowest BCUT2D eigenvalue weighted by atomic mass is 9.92. The summed E-state index contributed by atoms with van der Waals surface area (Å²) in [6.45, 7) is 12.0. The smallest absolute Gasteiger partial charge is 0.254 e. The van der Waals surface area contributed by atoms with Gasteiger partial charge in [-0.1, -0.05) is 21.3 Å². The van der Waals surface area contributed by atoms with Crippen LogP contribution < -0.4 is 5.32 Å². The largest absolute Gasteiger partial charge is 0.310 e. The molecule has 0 amide bonds. The number of nitrogens with one attached hydrogen (secondary N) is 1. The van der Waals surface area contributed by atoms with E-state index in [9.17, 15) is 17.6 Å². The molecule has 0 aromatic rings. The summed E-state index contributed by atoms with van der Waals surface area (Å²) in [5.74, 6) is -4.71. The van der Waals surface area contributed by atoms with Crippen molar-refractivity contribution in [3.8, 4) is 0 Å². The van der Waals surface area contributed by atoms with Gasteiger partial charge in [0.2, 0.25) is 0 Å². The van der Waals surface area contributed by atoms with Crippen molar-refractivity contribution in [3.63, 3.8) is 0 Å². The van der Waals surface area contributed by atoms with Gasteiger partial charge in [0.15, 0.2) is 0 Å². The van der Waals surface area contributed by atoms with Gasteiger partial charge in [0.1, 0.15) is 0 Å². The monoisotopic (exact) mass is 533 g/mol. The molecule has 37 heavy (non-hydrogen) atoms. The standard InChI is InChI=1S/C13H22F2N2.C13H20F2N2.C2H6.CH4/c2*1-10-2-3-11(16-10)8-17-6-4-12(5-7-17)9-13(12,14)15;1-2;/h10-11,16H,2-9H2,1H3;11H,2-9H2,1H3;1-2H3;1H4/t10-,11-;11-;;/m00../s1/i;;1D;. The molecule has 0 unspecified atom stereocenters. The maximum absolute atomic E-state index is 13.2. The third-order valence-corrected chi connectivity index (χ3v) is 9.71. The van der Waals surface area contributed by atoms with Crippen LogP contribution in [0.2, 0.25) is 0 Å². The Bertz CT molecular complexity index is 791. The molecule has 3 saturated heterocycles. The molecule has 0 aromatic heterocycles. The van der Waals surface area contributed by atoms with Crippen LogP contribution in [-0.4, -0.2) is 84.8 Å². The normalized spacial score (nSPS) is 34.8. The van der Waals surface area contributed by atoms with Crippen LogP contribution in [0.3, 0.4) is 0 Å². The van der Waals surface area contributed by atoms with Crippen LogP contribution in [0.1, 0.15) is 101 Å². The third kappa shape index (κ3) is 6.89. The summed E-state index contributed by atoms with van der Waals surface area (Å²) < 4.78 is 59.1. The highest BCUT2D eigenvalue weighted by molar-refractivity contribution is 5.83. The Morgan fingerprint density at radius 2 is 1.35 bits per heavy atom. The summed E-state index contributed by atoms with van der Waals surface area (Å²) in [4.78, 5) is 9.29. The van der Waals surface area contributed by atoms with E-state index in [1.54, 1.807) is 6.92 Å². The predicted octanol–water partition coefficient (Wildman–Crippen LogP) is 6.64. The molecular weight excluding hydrogens is 480 g/mol. The Labute approximate surface area is 224 Å². The van der Waals surface area contributed by atoms with E-state index in [1.807, 2.05) is 0 Å². The van der Waals surface area contributed by atoms with E-state index in [-0.39, 0.29) is 20.3 Å². The first kappa shape index (κ1) is 29.3. The lowest BCUT2D eigenvalue weighted by Crippen LogP contribution is -2.44. The molecule has 4 aliphatic heterocycles. The van der Waals surface area contributed by atoms with Gasteiger partial charge in [-0.3, -0.25) is 4.99 Å². The number of nitrogens with zero attached hydrogens (tertiary/aromatic N) is 3. The van der Waals surface area contributed by atoms with Gasteiger partial charge in [-0.25, -0.2) is 17.6 Å². The summed E-state index contributed by atoms with van der Waals surface area (Å²) in [6.07, 6.45) is 7.76. The zero-order chi connectivity index (χ0) is 26.9. The molecule has 6 aliphatic rings. The van der Waals surface area contributed by atoms with Crippen molar-refractivity contribution in [1.29, 1.82) is 0 Å². The topological polar surface area (TPSA) is 30.9 Å². The molecule has 5 fully saturated rings. The number of alkyl halides is 4. The maximum atomic E-state index is 13.2. The molecule has 0 bridgehead atoms. The van der Waals surface area contributed by atoms with Crippen LogP contribution in [0.4, 0.5) is 17.6 Å². The minimum Gasteiger partial charge on any atom is -0.310 e. The van der Waals surface area contributed by atoms with Crippen LogP contribution in [0.15, 0.2) is 4.99 Å². The van der Waals surface area contributed by atoms with Crippen molar-refractivity contribution in [1.82, 2.24) is 15.1 Å². The van der Waals surface area contributed by atoms with E-state index in [1.165, 1.54) is 18.6 Å². The zero-order valence-corrected chi connectivity index (χ0v) is 22.6. The van der Waals surface area contributed by atoms with Crippen molar-refractivity contribution >= 4 is 5.71 Å². The minimum absolute atomic E-state index is 0. The van der Waals surface area contributed by atoms with Crippen LogP contribution in [0.5, 0.6) is 0 Å². The van der Waals surface area contributed by atoms with Gasteiger partial charge < -0.3 is 15.1 Å². The number of piperidine rings is 2. The first-order valence-corrected chi connectivity index (χ1v) is 14.2. The molecule has 216 valence electrons. The van der Waals surface area contributed by atoms with Crippen LogP contribution >= 0.6 is 0 Å². The van der Waals surface area contributed by atoms with Crippen molar-refractivity contribution in [3.05, 3.63) is 0 Å². The highest BCUT2D eigenvalue weighted by Gasteiger charge is 2.71. The van der Waals surface area contributed by atoms with E-state index in [2.05, 4.69) is 34.0 Å². The second-order valence-corrected chi connectivity index (χ2v) is 12.3. The van der Waals surface area contributed by atoms with Gasteiger partial charge in [0, 0.05) is 55.9 Å². The third-order valence-electron chi connectivity index (χ3n) is 9.71. The molecule has 2 spiro atoms. The maximum Gasteiger partial charge on any atom is 0.254 e. The molecule has 2 saturated carbocycles. The lowest BCUT2D eigenvalue weighted by molar-refractivity contribution is 0.0299. The van der Waals surface area contributed by atoms with Gasteiger partial charge in [0.05, 0.1) is 6.04 Å². The van der Waals surface area contributed by atoms with Crippen LogP contribution in [-0.2, 0) is 0 Å². The Kier molecular flexibility index (Phi) is 9.32. The van der Waals surface area contributed by atoms with Crippen LogP contribution in [0, 0.1) is 10.8 Å². The second kappa shape index (κ2) is 11.8. The van der Waals surface area contributed by atoms with E-state index < -0.39 is 22.7 Å². The van der Waals surface area contributed by atoms with Crippen molar-refractivity contribution < 1.29 is 18.9 Å². The molecule has 4 nitrogen and oxygen atoms in total. The summed E-state index contributed by atoms with van der Waals surface area (Å²) in [5, 5.41) is 3.56. The molecule has 3 atom stereocenters. The van der Waals surface area contributed by atoms with E-state index in [4.69, 9.17) is 1.37 Å². The molecule has 4 heterocycles. The molecule has 2 aliphatic carbocycles. The van der Waals surface area contributed by atoms with Gasteiger partial charge in [-0.15, -0.1) is 0 Å². The van der Waals surface area contributed by atoms with Gasteiger partial charge in [-0.05, 0) is 91.4 Å². The van der Waals surface area contributed by atoms with Gasteiger partial charge in [0.25, 0.3) is 11.8 Å². The van der Waals surface area contributed by atoms with Crippen molar-refractivity contribution in [2.45, 2.75) is 129 Å². The highest BCUT2D eigenvalue weighted by atomic mass is 19.3. The fourth-order valence-electron chi connectivity index (χ4n) is 6.90. The quantitative estimate of drug-likeness (QED) is 0.411. The van der Waals surface area contributed by atoms with Crippen molar-refractivity contribution in [2.24, 2.45) is 15.8 Å². The van der Waals surface area contributed by atoms with E-state index in [0.29, 0.717) is 50.7 Å². The van der Waals surface area contributed by atoms with Crippen LogP contribution in [0.25, 0.3) is 0 Å². The number of hydrogen-bond donors (Lipinski definition) is 1. The first-order valence-electron chi connectivity index (χ1n) is 14.9. The van der Waals surface area contributed by atoms with Gasteiger partial charge >= 0.3 is 0 Å². The number of rotatable bonds is 4. The van der Waals surface area contributed by atoms with E-state index >= 15 is 0 Å². The average molecular weight is 534 g/mol. The molecule has 6 rings (SSSR count). The number of hydrogen-bond acceptors (Lipinski definition) is 4. The Hall–Kier alpha value is -0.730. The summed E-state index contributed by atoms with van der Waals surface area (Å²) >= 11 is 0. The summed E-state index contributed by atoms with van der Waals surface area (Å²) in [7, 11) is 0. The minimum atomic E-state index is -2.36. The Balaban J connectivity index is 0.000000187. The lowest BCUT2D eigenvalue weighted by Gasteiger charge is -2.33. The van der Waals surface area contributed by atoms with Crippen molar-refractivity contribution in [2.75, 3.05) is 39.3 Å². The number of likely N-dealkylation sites (tertiary alicyclic amines) is 2.